The molecule has 350 valence electrons. The molecule has 68 heavy (non-hydrogen) atoms. The number of aryl methyl sites for hydroxylation is 3. The molecule has 19 heteroatoms. The molecule has 1 N–H and O–H groups in total. The first-order valence-corrected chi connectivity index (χ1v) is 22.8. The van der Waals surface area contributed by atoms with E-state index in [1.54, 1.807) is 70.1 Å². The Bertz CT molecular complexity index is 3530. The standard InChI is InChI=1S/C49H47F3N10O6/c1-24-13-30(14-25(2)40(24)51)62-43(59-11-10-58(47(59)65)36-8-7-35-32(41(36)52)21-53-57(35)6)39-34(55-62)18-31-22-66-23-38(39)60(31)44(63)37-17-29-15-28(27-9-12-67-48(4,5)20-27)16-33(50)42(29)61(37)49(19-26(49)3)45-54-46(64)68-56-45/h7-8,10-11,13-17,21,26-27,31,38H,9,12,18-20,22-23H2,1-6H3,(H,54,56,64)/t26-,27-,31-,38-,49-/m0/s1. The highest BCUT2D eigenvalue weighted by molar-refractivity contribution is 6.00. The summed E-state index contributed by atoms with van der Waals surface area (Å²) in [6.45, 7) is 9.97. The lowest BCUT2D eigenvalue weighted by Gasteiger charge is -2.45. The Balaban J connectivity index is 1.04. The van der Waals surface area contributed by atoms with Crippen LogP contribution in [-0.4, -0.2) is 85.7 Å². The number of H-pyrrole nitrogens is 1. The summed E-state index contributed by atoms with van der Waals surface area (Å²) in [5.41, 5.74) is 1.81. The van der Waals surface area contributed by atoms with Gasteiger partial charge in [-0.15, -0.1) is 0 Å². The third-order valence-corrected chi connectivity index (χ3v) is 14.8. The quantitative estimate of drug-likeness (QED) is 0.178. The number of hydrogen-bond acceptors (Lipinski definition) is 9. The minimum absolute atomic E-state index is 0.000891. The molecular formula is C49H47F3N10O6. The van der Waals surface area contributed by atoms with Gasteiger partial charge in [-0.25, -0.2) is 27.4 Å². The van der Waals surface area contributed by atoms with Crippen molar-refractivity contribution in [1.82, 2.24) is 48.3 Å². The molecule has 0 radical (unpaired) electrons. The van der Waals surface area contributed by atoms with Crippen molar-refractivity contribution in [3.63, 3.8) is 0 Å². The number of halogens is 3. The van der Waals surface area contributed by atoms with Crippen molar-refractivity contribution in [2.45, 2.75) is 89.4 Å². The second-order valence-electron chi connectivity index (χ2n) is 19.6. The first-order chi connectivity index (χ1) is 32.5. The van der Waals surface area contributed by atoms with Gasteiger partial charge in [-0.2, -0.15) is 10.2 Å². The smallest absolute Gasteiger partial charge is 0.377 e. The van der Waals surface area contributed by atoms with Crippen molar-refractivity contribution in [1.29, 1.82) is 0 Å². The van der Waals surface area contributed by atoms with Crippen LogP contribution in [0.25, 0.3) is 39.0 Å². The van der Waals surface area contributed by atoms with Gasteiger partial charge in [0.15, 0.2) is 11.6 Å². The van der Waals surface area contributed by atoms with Crippen LogP contribution in [0.2, 0.25) is 0 Å². The molecule has 3 aliphatic heterocycles. The molecule has 3 fully saturated rings. The molecule has 8 aromatic rings. The summed E-state index contributed by atoms with van der Waals surface area (Å²) in [6.07, 6.45) is 6.40. The number of carbonyl (C=O) groups excluding carboxylic acids is 1. The number of nitrogens with zero attached hydrogens (tertiary/aromatic N) is 9. The van der Waals surface area contributed by atoms with Gasteiger partial charge in [0.05, 0.1) is 70.6 Å². The monoisotopic (exact) mass is 928 g/mol. The van der Waals surface area contributed by atoms with Gasteiger partial charge in [-0.3, -0.25) is 28.1 Å². The van der Waals surface area contributed by atoms with E-state index in [4.69, 9.17) is 19.1 Å². The van der Waals surface area contributed by atoms with E-state index in [0.717, 1.165) is 5.56 Å². The number of nitrogens with one attached hydrogen (secondary N) is 1. The average Bonchev–Trinajstić information content (AvgIpc) is 3.93. The molecule has 4 aliphatic rings. The molecule has 1 amide bonds. The first-order valence-electron chi connectivity index (χ1n) is 22.8. The highest BCUT2D eigenvalue weighted by Crippen LogP contribution is 2.56. The number of ether oxygens (including phenoxy) is 2. The molecule has 3 aromatic carbocycles. The van der Waals surface area contributed by atoms with Gasteiger partial charge in [-0.05, 0) is 118 Å². The lowest BCUT2D eigenvalue weighted by atomic mass is 9.83. The van der Waals surface area contributed by atoms with Crippen LogP contribution < -0.4 is 11.4 Å². The van der Waals surface area contributed by atoms with Crippen LogP contribution in [0.5, 0.6) is 0 Å². The number of rotatable bonds is 7. The Morgan fingerprint density at radius 2 is 1.72 bits per heavy atom. The summed E-state index contributed by atoms with van der Waals surface area (Å²) >= 11 is 0. The number of imidazole rings is 1. The van der Waals surface area contributed by atoms with Crippen molar-refractivity contribution in [2.24, 2.45) is 13.0 Å². The van der Waals surface area contributed by atoms with Gasteiger partial charge >= 0.3 is 11.4 Å². The van der Waals surface area contributed by atoms with Gasteiger partial charge < -0.3 is 18.9 Å². The molecule has 2 saturated heterocycles. The van der Waals surface area contributed by atoms with Crippen molar-refractivity contribution < 1.29 is 32.0 Å². The van der Waals surface area contributed by atoms with Crippen LogP contribution in [0.15, 0.2) is 75.2 Å². The average molecular weight is 929 g/mol. The first kappa shape index (κ1) is 42.4. The second-order valence-corrected chi connectivity index (χ2v) is 19.6. The van der Waals surface area contributed by atoms with Crippen LogP contribution >= 0.6 is 0 Å². The Morgan fingerprint density at radius 3 is 2.44 bits per heavy atom. The minimum atomic E-state index is -1.13. The number of fused-ring (bicyclic) bond motifs is 6. The maximum absolute atomic E-state index is 17.2. The fourth-order valence-corrected chi connectivity index (χ4v) is 11.5. The van der Waals surface area contributed by atoms with Gasteiger partial charge in [0.25, 0.3) is 5.91 Å². The Kier molecular flexibility index (Phi) is 9.19. The van der Waals surface area contributed by atoms with Gasteiger partial charge in [0.2, 0.25) is 0 Å². The van der Waals surface area contributed by atoms with Crippen LogP contribution in [0.3, 0.4) is 0 Å². The molecule has 16 nitrogen and oxygen atoms in total. The summed E-state index contributed by atoms with van der Waals surface area (Å²) in [6, 6.07) is 10.3. The van der Waals surface area contributed by atoms with Gasteiger partial charge in [-0.1, -0.05) is 12.1 Å². The lowest BCUT2D eigenvalue weighted by Crippen LogP contribution is -2.55. The number of hydrogen-bond donors (Lipinski definition) is 1. The maximum atomic E-state index is 17.2. The maximum Gasteiger partial charge on any atom is 0.438 e. The van der Waals surface area contributed by atoms with E-state index in [1.165, 1.54) is 33.8 Å². The zero-order valence-electron chi connectivity index (χ0n) is 38.1. The third-order valence-electron chi connectivity index (χ3n) is 14.8. The van der Waals surface area contributed by atoms with Crippen LogP contribution in [-0.2, 0) is 28.5 Å². The van der Waals surface area contributed by atoms with E-state index in [2.05, 4.69) is 15.2 Å². The molecule has 1 saturated carbocycles. The molecule has 5 aromatic heterocycles. The topological polar surface area (TPSA) is 165 Å². The summed E-state index contributed by atoms with van der Waals surface area (Å²) in [7, 11) is 1.70. The van der Waals surface area contributed by atoms with E-state index in [1.807, 2.05) is 26.8 Å². The number of benzene rings is 3. The predicted octanol–water partition coefficient (Wildman–Crippen LogP) is 6.96. The van der Waals surface area contributed by atoms with Gasteiger partial charge in [0, 0.05) is 43.4 Å². The Labute approximate surface area is 385 Å². The largest absolute Gasteiger partial charge is 0.438 e. The number of morpholine rings is 1. The molecule has 0 unspecified atom stereocenters. The SMILES string of the molecule is Cc1cc(-n2nc3c(c2-n2ccn(-c4ccc5c(cnn5C)c4F)c2=O)[C@@H]2COC[C@H](C3)N2C(=O)c2cc3cc([C@H]4CCOC(C)(C)C4)cc(F)c3n2[C@@]2(c3noc(=O)[nH]3)C[C@@H]2C)cc(C)c1F. The number of amides is 1. The fraction of sp³-hybridized carbons (Fsp3) is 0.388. The zero-order chi connectivity index (χ0) is 47.3. The highest BCUT2D eigenvalue weighted by atomic mass is 19.1. The fourth-order valence-electron chi connectivity index (χ4n) is 11.5. The van der Waals surface area contributed by atoms with E-state index in [9.17, 15) is 9.59 Å². The zero-order valence-corrected chi connectivity index (χ0v) is 38.1. The Morgan fingerprint density at radius 1 is 0.956 bits per heavy atom. The lowest BCUT2D eigenvalue weighted by molar-refractivity contribution is -0.0593. The number of carbonyl (C=O) groups is 1. The van der Waals surface area contributed by atoms with Crippen molar-refractivity contribution in [2.75, 3.05) is 19.8 Å². The van der Waals surface area contributed by atoms with Crippen molar-refractivity contribution >= 4 is 27.7 Å². The predicted molar refractivity (Wildman–Crippen MR) is 241 cm³/mol. The number of aromatic amines is 1. The molecule has 1 aliphatic carbocycles. The number of aromatic nitrogens is 9. The normalized spacial score (nSPS) is 23.2. The van der Waals surface area contributed by atoms with Crippen molar-refractivity contribution in [3.8, 4) is 17.2 Å². The van der Waals surface area contributed by atoms with Crippen LogP contribution in [0.4, 0.5) is 13.2 Å². The second kappa shape index (κ2) is 14.8. The third kappa shape index (κ3) is 6.13. The highest BCUT2D eigenvalue weighted by Gasteiger charge is 2.60. The van der Waals surface area contributed by atoms with Crippen LogP contribution in [0, 0.1) is 37.2 Å². The molecular weight excluding hydrogens is 882 g/mol. The van der Waals surface area contributed by atoms with E-state index >= 15 is 18.0 Å². The molecule has 2 bridgehead atoms. The van der Waals surface area contributed by atoms with E-state index < -0.39 is 52.2 Å². The molecule has 0 spiro atoms. The van der Waals surface area contributed by atoms with Gasteiger partial charge in [0.1, 0.15) is 28.7 Å². The Hall–Kier alpha value is -6.99. The van der Waals surface area contributed by atoms with Crippen molar-refractivity contribution in [3.05, 3.63) is 139 Å². The molecule has 8 heterocycles. The molecule has 12 rings (SSSR count). The summed E-state index contributed by atoms with van der Waals surface area (Å²) < 4.78 is 73.2. The summed E-state index contributed by atoms with van der Waals surface area (Å²) in [4.78, 5) is 47.6. The van der Waals surface area contributed by atoms with E-state index in [0.29, 0.717) is 64.8 Å². The minimum Gasteiger partial charge on any atom is -0.377 e. The van der Waals surface area contributed by atoms with E-state index in [-0.39, 0.29) is 71.2 Å². The van der Waals surface area contributed by atoms with Crippen LogP contribution in [0.1, 0.15) is 96.3 Å². The molecule has 5 atom stereocenters. The summed E-state index contributed by atoms with van der Waals surface area (Å²) in [5, 5.41) is 14.1. The summed E-state index contributed by atoms with van der Waals surface area (Å²) in [5.74, 6) is -2.50.